The zero-order valence-electron chi connectivity index (χ0n) is 17.4. The first-order chi connectivity index (χ1) is 15.1. The first-order valence-corrected chi connectivity index (χ1v) is 10.2. The van der Waals surface area contributed by atoms with Gasteiger partial charge in [-0.25, -0.2) is 0 Å². The van der Waals surface area contributed by atoms with Crippen LogP contribution in [-0.4, -0.2) is 62.1 Å². The van der Waals surface area contributed by atoms with Crippen LogP contribution in [0.5, 0.6) is 5.75 Å². The fraction of sp³-hybridized carbons (Fsp3) is 0.348. The Labute approximate surface area is 181 Å². The number of benzene rings is 2. The number of nitrogens with one attached hydrogen (secondary N) is 1. The predicted octanol–water partition coefficient (Wildman–Crippen LogP) is 1.96. The van der Waals surface area contributed by atoms with Crippen molar-refractivity contribution in [3.8, 4) is 5.75 Å². The molecule has 1 atom stereocenters. The van der Waals surface area contributed by atoms with E-state index in [1.165, 1.54) is 0 Å². The quantitative estimate of drug-likeness (QED) is 0.649. The molecule has 0 spiro atoms. The van der Waals surface area contributed by atoms with E-state index in [0.717, 1.165) is 0 Å². The van der Waals surface area contributed by atoms with E-state index in [0.29, 0.717) is 49.8 Å². The summed E-state index contributed by atoms with van der Waals surface area (Å²) in [6.45, 7) is 3.81. The molecule has 1 heterocycles. The monoisotopic (exact) mass is 426 g/mol. The Morgan fingerprint density at radius 2 is 1.71 bits per heavy atom. The second-order valence-electron chi connectivity index (χ2n) is 6.86. The number of amides is 2. The average molecular weight is 426 g/mol. The Bertz CT molecular complexity index is 879. The zero-order valence-corrected chi connectivity index (χ0v) is 17.4. The van der Waals surface area contributed by atoms with Gasteiger partial charge in [0.1, 0.15) is 12.3 Å². The number of ether oxygens (including phenoxy) is 3. The Kier molecular flexibility index (Phi) is 8.00. The molecule has 2 aromatic carbocycles. The standard InChI is InChI=1S/C23H26N2O6/c1-2-30-19-10-8-18(9-11-19)22(27)24-16-20(26)31-21(17-6-4-3-5-7-17)23(28)25-12-14-29-15-13-25/h3-11,21H,2,12-16H2,1H3,(H,24,27)/t21-/m1/s1. The van der Waals surface area contributed by atoms with Gasteiger partial charge in [0.15, 0.2) is 0 Å². The normalized spacial score (nSPS) is 14.4. The van der Waals surface area contributed by atoms with Gasteiger partial charge in [0.05, 0.1) is 19.8 Å². The summed E-state index contributed by atoms with van der Waals surface area (Å²) in [5, 5.41) is 2.53. The van der Waals surface area contributed by atoms with Crippen LogP contribution in [0, 0.1) is 0 Å². The van der Waals surface area contributed by atoms with Crippen molar-refractivity contribution in [3.63, 3.8) is 0 Å². The van der Waals surface area contributed by atoms with E-state index < -0.39 is 18.0 Å². The molecule has 0 radical (unpaired) electrons. The molecule has 8 heteroatoms. The Balaban J connectivity index is 1.60. The molecule has 2 aromatic rings. The van der Waals surface area contributed by atoms with Crippen molar-refractivity contribution < 1.29 is 28.6 Å². The topological polar surface area (TPSA) is 94.2 Å². The molecule has 164 valence electrons. The Morgan fingerprint density at radius 3 is 2.35 bits per heavy atom. The van der Waals surface area contributed by atoms with Crippen LogP contribution in [0.2, 0.25) is 0 Å². The van der Waals surface area contributed by atoms with Crippen LogP contribution in [0.3, 0.4) is 0 Å². The van der Waals surface area contributed by atoms with Gasteiger partial charge in [-0.3, -0.25) is 14.4 Å². The lowest BCUT2D eigenvalue weighted by Gasteiger charge is -2.30. The van der Waals surface area contributed by atoms with Gasteiger partial charge in [0, 0.05) is 24.2 Å². The minimum atomic E-state index is -1.07. The first kappa shape index (κ1) is 22.3. The summed E-state index contributed by atoms with van der Waals surface area (Å²) in [7, 11) is 0. The number of carbonyl (C=O) groups is 3. The first-order valence-electron chi connectivity index (χ1n) is 10.2. The molecule has 8 nitrogen and oxygen atoms in total. The fourth-order valence-corrected chi connectivity index (χ4v) is 3.14. The van der Waals surface area contributed by atoms with Gasteiger partial charge in [-0.15, -0.1) is 0 Å². The molecule has 0 aromatic heterocycles. The zero-order chi connectivity index (χ0) is 22.1. The summed E-state index contributed by atoms with van der Waals surface area (Å²) in [5.74, 6) is -0.767. The van der Waals surface area contributed by atoms with Crippen LogP contribution in [0.4, 0.5) is 0 Å². The number of nitrogens with zero attached hydrogens (tertiary/aromatic N) is 1. The predicted molar refractivity (Wildman–Crippen MR) is 113 cm³/mol. The summed E-state index contributed by atoms with van der Waals surface area (Å²) in [4.78, 5) is 39.3. The number of carbonyl (C=O) groups excluding carboxylic acids is 3. The number of hydrogen-bond donors (Lipinski definition) is 1. The summed E-state index contributed by atoms with van der Waals surface area (Å²) < 4.78 is 16.1. The van der Waals surface area contributed by atoms with Crippen LogP contribution in [0.15, 0.2) is 54.6 Å². The smallest absolute Gasteiger partial charge is 0.326 e. The number of esters is 1. The van der Waals surface area contributed by atoms with Crippen molar-refractivity contribution in [1.29, 1.82) is 0 Å². The molecule has 0 aliphatic carbocycles. The van der Waals surface area contributed by atoms with E-state index in [1.807, 2.05) is 13.0 Å². The third kappa shape index (κ3) is 6.29. The molecule has 0 unspecified atom stereocenters. The van der Waals surface area contributed by atoms with Crippen molar-refractivity contribution in [2.24, 2.45) is 0 Å². The Morgan fingerprint density at radius 1 is 1.03 bits per heavy atom. The van der Waals surface area contributed by atoms with E-state index in [2.05, 4.69) is 5.32 Å². The van der Waals surface area contributed by atoms with Gasteiger partial charge in [-0.1, -0.05) is 30.3 Å². The highest BCUT2D eigenvalue weighted by Crippen LogP contribution is 2.21. The molecular formula is C23H26N2O6. The molecular weight excluding hydrogens is 400 g/mol. The number of morpholine rings is 1. The average Bonchev–Trinajstić information content (AvgIpc) is 2.82. The lowest BCUT2D eigenvalue weighted by atomic mass is 10.1. The van der Waals surface area contributed by atoms with E-state index in [-0.39, 0.29) is 12.5 Å². The van der Waals surface area contributed by atoms with Crippen LogP contribution in [0.1, 0.15) is 28.9 Å². The molecule has 0 bridgehead atoms. The highest BCUT2D eigenvalue weighted by atomic mass is 16.5. The molecule has 1 fully saturated rings. The van der Waals surface area contributed by atoms with Gasteiger partial charge < -0.3 is 24.4 Å². The van der Waals surface area contributed by atoms with Gasteiger partial charge >= 0.3 is 5.97 Å². The molecule has 2 amide bonds. The molecule has 1 saturated heterocycles. The van der Waals surface area contributed by atoms with E-state index in [9.17, 15) is 14.4 Å². The Hall–Kier alpha value is -3.39. The summed E-state index contributed by atoms with van der Waals surface area (Å²) in [6.07, 6.45) is -1.07. The molecule has 31 heavy (non-hydrogen) atoms. The summed E-state index contributed by atoms with van der Waals surface area (Å²) >= 11 is 0. The van der Waals surface area contributed by atoms with Crippen LogP contribution in [-0.2, 0) is 19.1 Å². The van der Waals surface area contributed by atoms with Crippen molar-refractivity contribution in [2.45, 2.75) is 13.0 Å². The van der Waals surface area contributed by atoms with Gasteiger partial charge in [0.2, 0.25) is 6.10 Å². The molecule has 1 N–H and O–H groups in total. The maximum absolute atomic E-state index is 13.0. The van der Waals surface area contributed by atoms with Crippen molar-refractivity contribution >= 4 is 17.8 Å². The maximum atomic E-state index is 13.0. The lowest BCUT2D eigenvalue weighted by molar-refractivity contribution is -0.162. The van der Waals surface area contributed by atoms with Crippen LogP contribution in [0.25, 0.3) is 0 Å². The number of rotatable bonds is 8. The highest BCUT2D eigenvalue weighted by molar-refractivity contribution is 5.96. The molecule has 1 aliphatic heterocycles. The third-order valence-corrected chi connectivity index (χ3v) is 4.72. The molecule has 1 aliphatic rings. The van der Waals surface area contributed by atoms with Crippen LogP contribution < -0.4 is 10.1 Å². The van der Waals surface area contributed by atoms with Crippen LogP contribution >= 0.6 is 0 Å². The maximum Gasteiger partial charge on any atom is 0.326 e. The molecule has 0 saturated carbocycles. The van der Waals surface area contributed by atoms with Crippen molar-refractivity contribution in [1.82, 2.24) is 10.2 Å². The largest absolute Gasteiger partial charge is 0.494 e. The SMILES string of the molecule is CCOc1ccc(C(=O)NCC(=O)O[C@@H](C(=O)N2CCOCC2)c2ccccc2)cc1. The molecule has 3 rings (SSSR count). The minimum absolute atomic E-state index is 0.305. The second-order valence-corrected chi connectivity index (χ2v) is 6.86. The van der Waals surface area contributed by atoms with Crippen molar-refractivity contribution in [2.75, 3.05) is 39.5 Å². The van der Waals surface area contributed by atoms with E-state index in [4.69, 9.17) is 14.2 Å². The van der Waals surface area contributed by atoms with Gasteiger partial charge in [-0.05, 0) is 31.2 Å². The van der Waals surface area contributed by atoms with E-state index >= 15 is 0 Å². The van der Waals surface area contributed by atoms with Gasteiger partial charge in [-0.2, -0.15) is 0 Å². The fourth-order valence-electron chi connectivity index (χ4n) is 3.14. The minimum Gasteiger partial charge on any atom is -0.494 e. The van der Waals surface area contributed by atoms with Gasteiger partial charge in [0.25, 0.3) is 11.8 Å². The summed E-state index contributed by atoms with van der Waals surface area (Å²) in [5.41, 5.74) is 0.963. The van der Waals surface area contributed by atoms with Crippen molar-refractivity contribution in [3.05, 3.63) is 65.7 Å². The highest BCUT2D eigenvalue weighted by Gasteiger charge is 2.30. The lowest BCUT2D eigenvalue weighted by Crippen LogP contribution is -2.44. The number of hydrogen-bond acceptors (Lipinski definition) is 6. The third-order valence-electron chi connectivity index (χ3n) is 4.72. The second kappa shape index (κ2) is 11.1. The van der Waals surface area contributed by atoms with E-state index in [1.54, 1.807) is 53.4 Å². The summed E-state index contributed by atoms with van der Waals surface area (Å²) in [6, 6.07) is 15.4.